The molecule has 0 aliphatic heterocycles. The summed E-state index contributed by atoms with van der Waals surface area (Å²) in [7, 11) is 0. The zero-order chi connectivity index (χ0) is 26.0. The van der Waals surface area contributed by atoms with Gasteiger partial charge in [0.15, 0.2) is 6.19 Å². The van der Waals surface area contributed by atoms with Gasteiger partial charge in [-0.25, -0.2) is 9.79 Å². The van der Waals surface area contributed by atoms with E-state index in [1.165, 1.54) is 0 Å². The number of nitrogens with one attached hydrogen (secondary N) is 4. The summed E-state index contributed by atoms with van der Waals surface area (Å²) in [5.41, 5.74) is 5.58. The van der Waals surface area contributed by atoms with Crippen molar-refractivity contribution in [2.75, 3.05) is 13.1 Å². The highest BCUT2D eigenvalue weighted by Gasteiger charge is 2.38. The molecule has 2 rings (SSSR count). The maximum atomic E-state index is 12.5. The van der Waals surface area contributed by atoms with Crippen LogP contribution >= 0.6 is 23.2 Å². The van der Waals surface area contributed by atoms with Crippen LogP contribution in [0.1, 0.15) is 44.9 Å². The number of nitrogens with zero attached hydrogens (tertiary/aromatic N) is 2. The first-order valence-corrected chi connectivity index (χ1v) is 12.3. The minimum Gasteiger partial charge on any atom is -0.480 e. The largest absolute Gasteiger partial charge is 0.480 e. The number of carboxylic acids is 1. The number of rotatable bonds is 9. The molecule has 5 atom stereocenters. The van der Waals surface area contributed by atoms with E-state index in [-0.39, 0.29) is 36.9 Å². The van der Waals surface area contributed by atoms with Crippen molar-refractivity contribution in [3.63, 3.8) is 0 Å². The Bertz CT molecular complexity index is 855. The number of amides is 3. The topological polar surface area (TPSA) is 199 Å². The Labute approximate surface area is 213 Å². The van der Waals surface area contributed by atoms with Crippen LogP contribution in [0.5, 0.6) is 0 Å². The molecule has 12 nitrogen and oxygen atoms in total. The zero-order valence-electron chi connectivity index (χ0n) is 19.1. The molecule has 0 aromatic carbocycles. The molecule has 194 valence electrons. The van der Waals surface area contributed by atoms with Crippen molar-refractivity contribution < 1.29 is 24.3 Å². The Morgan fingerprint density at radius 2 is 1.71 bits per heavy atom. The van der Waals surface area contributed by atoms with Crippen molar-refractivity contribution >= 4 is 52.9 Å². The molecule has 35 heavy (non-hydrogen) atoms. The molecule has 0 spiro atoms. The number of halogens is 2. The Kier molecular flexibility index (Phi) is 11.3. The number of carboxylic acid groups (broad SMARTS) is 1. The van der Waals surface area contributed by atoms with Gasteiger partial charge in [0.25, 0.3) is 0 Å². The summed E-state index contributed by atoms with van der Waals surface area (Å²) < 4.78 is 0. The SMILES string of the molecule is N#CNC(N)=NC1CCCC(C(=O)NCC(=O)NC[C@H](NC(=O)C2C(Cl)CCCC2Cl)C(=O)O)C1. The minimum absolute atomic E-state index is 0.00960. The summed E-state index contributed by atoms with van der Waals surface area (Å²) in [6, 6.07) is -1.58. The number of aliphatic carboxylic acids is 1. The van der Waals surface area contributed by atoms with E-state index in [0.29, 0.717) is 25.7 Å². The van der Waals surface area contributed by atoms with Crippen LogP contribution in [-0.2, 0) is 19.2 Å². The first-order valence-electron chi connectivity index (χ1n) is 11.5. The standard InChI is InChI=1S/C21H31Cl2N7O5/c22-13-5-2-6-14(23)17(13)19(33)30-15(20(34)35)8-26-16(31)9-27-18(32)11-3-1-4-12(7-11)29-21(25)28-10-24/h11-15,17H,1-9H2,(H,26,31)(H,27,32)(H,30,33)(H,34,35)(H3,25,28,29)/t11?,12?,13?,14?,15-,17?/m0/s1. The van der Waals surface area contributed by atoms with Crippen LogP contribution in [-0.4, -0.2) is 70.7 Å². The molecule has 0 aromatic rings. The Balaban J connectivity index is 1.79. The van der Waals surface area contributed by atoms with Gasteiger partial charge in [-0.3, -0.25) is 19.7 Å². The lowest BCUT2D eigenvalue weighted by Gasteiger charge is -2.31. The van der Waals surface area contributed by atoms with Gasteiger partial charge in [0.2, 0.25) is 23.7 Å². The molecule has 2 saturated carbocycles. The van der Waals surface area contributed by atoms with Gasteiger partial charge < -0.3 is 26.8 Å². The van der Waals surface area contributed by atoms with Crippen LogP contribution in [0.4, 0.5) is 0 Å². The maximum absolute atomic E-state index is 12.5. The van der Waals surface area contributed by atoms with E-state index in [1.54, 1.807) is 6.19 Å². The molecule has 2 aliphatic rings. The van der Waals surface area contributed by atoms with Crippen molar-refractivity contribution in [3.8, 4) is 6.19 Å². The molecule has 2 fully saturated rings. The number of carbonyl (C=O) groups excluding carboxylic acids is 3. The number of alkyl halides is 2. The average Bonchev–Trinajstić information content (AvgIpc) is 2.80. The van der Waals surface area contributed by atoms with E-state index in [9.17, 15) is 24.3 Å². The number of carbonyl (C=O) groups is 4. The molecule has 7 N–H and O–H groups in total. The molecular weight excluding hydrogens is 501 g/mol. The quantitative estimate of drug-likeness (QED) is 0.0767. The Hall–Kier alpha value is -2.78. The number of hydrogen-bond acceptors (Lipinski definition) is 6. The second kappa shape index (κ2) is 13.9. The molecule has 4 unspecified atom stereocenters. The molecule has 0 heterocycles. The predicted molar refractivity (Wildman–Crippen MR) is 128 cm³/mol. The third-order valence-corrected chi connectivity index (χ3v) is 7.09. The number of guanidine groups is 1. The fourth-order valence-corrected chi connectivity index (χ4v) is 5.25. The summed E-state index contributed by atoms with van der Waals surface area (Å²) in [5, 5.41) is 26.6. The van der Waals surface area contributed by atoms with Gasteiger partial charge in [-0.1, -0.05) is 12.8 Å². The molecule has 2 aliphatic carbocycles. The van der Waals surface area contributed by atoms with E-state index in [2.05, 4.69) is 26.3 Å². The van der Waals surface area contributed by atoms with Crippen LogP contribution in [0.2, 0.25) is 0 Å². The highest BCUT2D eigenvalue weighted by atomic mass is 35.5. The van der Waals surface area contributed by atoms with Crippen LogP contribution < -0.4 is 27.0 Å². The zero-order valence-corrected chi connectivity index (χ0v) is 20.6. The molecule has 0 saturated heterocycles. The molecular formula is C21H31Cl2N7O5. The van der Waals surface area contributed by atoms with E-state index >= 15 is 0 Å². The Morgan fingerprint density at radius 1 is 1.06 bits per heavy atom. The van der Waals surface area contributed by atoms with Crippen molar-refractivity contribution in [1.29, 1.82) is 5.26 Å². The van der Waals surface area contributed by atoms with Crippen molar-refractivity contribution in [2.45, 2.75) is 67.8 Å². The van der Waals surface area contributed by atoms with Gasteiger partial charge in [-0.05, 0) is 32.1 Å². The highest BCUT2D eigenvalue weighted by Crippen LogP contribution is 2.32. The average molecular weight is 532 g/mol. The molecule has 14 heteroatoms. The third-order valence-electron chi connectivity index (χ3n) is 6.11. The summed E-state index contributed by atoms with van der Waals surface area (Å²) in [4.78, 5) is 53.0. The second-order valence-corrected chi connectivity index (χ2v) is 9.80. The summed E-state index contributed by atoms with van der Waals surface area (Å²) in [6.45, 7) is -0.717. The first kappa shape index (κ1) is 28.5. The summed E-state index contributed by atoms with van der Waals surface area (Å²) in [5.74, 6) is -3.92. The monoisotopic (exact) mass is 531 g/mol. The lowest BCUT2D eigenvalue weighted by Crippen LogP contribution is -2.53. The smallest absolute Gasteiger partial charge is 0.328 e. The Morgan fingerprint density at radius 3 is 2.34 bits per heavy atom. The molecule has 3 amide bonds. The summed E-state index contributed by atoms with van der Waals surface area (Å²) in [6.07, 6.45) is 6.21. The van der Waals surface area contributed by atoms with Crippen LogP contribution in [0.3, 0.4) is 0 Å². The second-order valence-electron chi connectivity index (χ2n) is 8.68. The van der Waals surface area contributed by atoms with Gasteiger partial charge in [0, 0.05) is 23.2 Å². The van der Waals surface area contributed by atoms with Crippen molar-refractivity contribution in [2.24, 2.45) is 22.6 Å². The fourth-order valence-electron chi connectivity index (χ4n) is 4.29. The maximum Gasteiger partial charge on any atom is 0.328 e. The minimum atomic E-state index is -1.37. The lowest BCUT2D eigenvalue weighted by molar-refractivity contribution is -0.142. The van der Waals surface area contributed by atoms with Crippen molar-refractivity contribution in [3.05, 3.63) is 0 Å². The van der Waals surface area contributed by atoms with Crippen LogP contribution in [0, 0.1) is 23.3 Å². The molecule has 0 bridgehead atoms. The van der Waals surface area contributed by atoms with E-state index < -0.39 is 40.5 Å². The number of nitrogens with two attached hydrogens (primary N) is 1. The van der Waals surface area contributed by atoms with Gasteiger partial charge in [0.05, 0.1) is 18.5 Å². The van der Waals surface area contributed by atoms with Crippen LogP contribution in [0.25, 0.3) is 0 Å². The van der Waals surface area contributed by atoms with Crippen LogP contribution in [0.15, 0.2) is 4.99 Å². The van der Waals surface area contributed by atoms with E-state index in [1.807, 2.05) is 0 Å². The van der Waals surface area contributed by atoms with E-state index in [4.69, 9.17) is 34.2 Å². The summed E-state index contributed by atoms with van der Waals surface area (Å²) >= 11 is 12.4. The number of nitriles is 1. The van der Waals surface area contributed by atoms with Gasteiger partial charge >= 0.3 is 5.97 Å². The predicted octanol–water partition coefficient (Wildman–Crippen LogP) is -0.253. The normalized spacial score (nSPS) is 27.6. The number of aliphatic imine (C=N–C) groups is 1. The van der Waals surface area contributed by atoms with Gasteiger partial charge in [-0.2, -0.15) is 5.26 Å². The molecule has 0 aromatic heterocycles. The molecule has 0 radical (unpaired) electrons. The third kappa shape index (κ3) is 9.07. The van der Waals surface area contributed by atoms with Crippen molar-refractivity contribution in [1.82, 2.24) is 21.3 Å². The van der Waals surface area contributed by atoms with Gasteiger partial charge in [0.1, 0.15) is 6.04 Å². The fraction of sp³-hybridized carbons (Fsp3) is 0.714. The number of hydrogen-bond donors (Lipinski definition) is 6. The highest BCUT2D eigenvalue weighted by molar-refractivity contribution is 6.26. The van der Waals surface area contributed by atoms with Gasteiger partial charge in [-0.15, -0.1) is 23.2 Å². The first-order chi connectivity index (χ1) is 16.6. The lowest BCUT2D eigenvalue weighted by atomic mass is 9.85. The van der Waals surface area contributed by atoms with E-state index in [0.717, 1.165) is 19.3 Å².